The number of fused-ring (bicyclic) bond motifs is 1. The predicted octanol–water partition coefficient (Wildman–Crippen LogP) is 5.06. The molecule has 8 nitrogen and oxygen atoms in total. The Labute approximate surface area is 201 Å². The van der Waals surface area contributed by atoms with Crippen LogP contribution in [0.2, 0.25) is 5.02 Å². The normalized spacial score (nSPS) is 22.1. The van der Waals surface area contributed by atoms with Crippen molar-refractivity contribution in [2.75, 3.05) is 9.96 Å². The van der Waals surface area contributed by atoms with Crippen molar-refractivity contribution in [2.45, 2.75) is 12.1 Å². The van der Waals surface area contributed by atoms with Gasteiger partial charge in [0.1, 0.15) is 10.9 Å². The lowest BCUT2D eigenvalue weighted by Gasteiger charge is -2.28. The molecule has 10 heteroatoms. The third-order valence-electron chi connectivity index (χ3n) is 5.70. The molecule has 3 atom stereocenters. The predicted molar refractivity (Wildman–Crippen MR) is 125 cm³/mol. The number of para-hydroxylation sites is 1. The maximum Gasteiger partial charge on any atom is 0.289 e. The molecular weight excluding hydrogens is 514 g/mol. The quantitative estimate of drug-likeness (QED) is 0.267. The number of hydrogen-bond acceptors (Lipinski definition) is 6. The zero-order valence-corrected chi connectivity index (χ0v) is 19.1. The van der Waals surface area contributed by atoms with Gasteiger partial charge in [-0.1, -0.05) is 57.9 Å². The Bertz CT molecular complexity index is 1290. The second-order valence-corrected chi connectivity index (χ2v) is 8.94. The fraction of sp³-hybridized carbons (Fsp3) is 0.130. The topological polar surface area (TPSA) is 93.0 Å². The molecule has 2 amide bonds. The highest BCUT2D eigenvalue weighted by molar-refractivity contribution is 9.10. The van der Waals surface area contributed by atoms with Gasteiger partial charge in [0.25, 0.3) is 11.6 Å². The Kier molecular flexibility index (Phi) is 5.40. The number of carbonyl (C=O) groups is 2. The van der Waals surface area contributed by atoms with E-state index in [4.69, 9.17) is 16.4 Å². The van der Waals surface area contributed by atoms with Gasteiger partial charge >= 0.3 is 0 Å². The number of nitro groups is 1. The second-order valence-electron chi connectivity index (χ2n) is 7.62. The summed E-state index contributed by atoms with van der Waals surface area (Å²) in [5, 5.41) is 12.8. The first-order valence-corrected chi connectivity index (χ1v) is 11.1. The number of nitrogens with zero attached hydrogens (tertiary/aromatic N) is 3. The van der Waals surface area contributed by atoms with Crippen LogP contribution in [0.5, 0.6) is 0 Å². The lowest BCUT2D eigenvalue weighted by Crippen LogP contribution is -2.37. The Hall–Kier alpha value is -3.27. The van der Waals surface area contributed by atoms with E-state index in [-0.39, 0.29) is 16.4 Å². The smallest absolute Gasteiger partial charge is 0.273 e. The Morgan fingerprint density at radius 3 is 2.39 bits per heavy atom. The Morgan fingerprint density at radius 2 is 1.70 bits per heavy atom. The molecule has 2 saturated heterocycles. The summed E-state index contributed by atoms with van der Waals surface area (Å²) in [6.07, 6.45) is -1.07. The summed E-state index contributed by atoms with van der Waals surface area (Å²) in [4.78, 5) is 44.6. The number of hydroxylamine groups is 1. The largest absolute Gasteiger partial charge is 0.289 e. The van der Waals surface area contributed by atoms with Crippen molar-refractivity contribution in [3.63, 3.8) is 0 Å². The molecule has 2 heterocycles. The van der Waals surface area contributed by atoms with E-state index < -0.39 is 34.8 Å². The van der Waals surface area contributed by atoms with Crippen LogP contribution in [0.25, 0.3) is 0 Å². The van der Waals surface area contributed by atoms with Gasteiger partial charge in [0.15, 0.2) is 6.10 Å². The highest BCUT2D eigenvalue weighted by atomic mass is 79.9. The van der Waals surface area contributed by atoms with Crippen molar-refractivity contribution < 1.29 is 19.3 Å². The minimum Gasteiger partial charge on any atom is -0.273 e. The summed E-state index contributed by atoms with van der Waals surface area (Å²) in [5.41, 5.74) is 1.18. The standard InChI is InChI=1S/C23H15BrClN3O5/c24-14-6-4-5-13(11-14)20-19-21(33-27(20)15-7-2-1-3-8-15)23(30)26(22(19)29)16-9-10-17(25)18(12-16)28(31)32/h1-12,19-21H. The number of nitro benzene ring substituents is 1. The molecule has 0 saturated carbocycles. The highest BCUT2D eigenvalue weighted by Gasteiger charge is 2.60. The van der Waals surface area contributed by atoms with Crippen molar-refractivity contribution in [3.8, 4) is 0 Å². The zero-order chi connectivity index (χ0) is 23.3. The van der Waals surface area contributed by atoms with E-state index in [1.165, 1.54) is 12.1 Å². The molecule has 0 bridgehead atoms. The van der Waals surface area contributed by atoms with Gasteiger partial charge in [-0.25, -0.2) is 9.96 Å². The summed E-state index contributed by atoms with van der Waals surface area (Å²) >= 11 is 9.37. The molecule has 3 aromatic carbocycles. The number of carbonyl (C=O) groups excluding carboxylic acids is 2. The van der Waals surface area contributed by atoms with Gasteiger partial charge in [0.05, 0.1) is 22.3 Å². The third-order valence-corrected chi connectivity index (χ3v) is 6.51. The molecular formula is C23H15BrClN3O5. The first-order valence-electron chi connectivity index (χ1n) is 9.95. The van der Waals surface area contributed by atoms with Crippen molar-refractivity contribution >= 4 is 56.4 Å². The molecule has 3 aromatic rings. The average molecular weight is 529 g/mol. The molecule has 0 aromatic heterocycles. The van der Waals surface area contributed by atoms with Gasteiger partial charge in [-0.3, -0.25) is 24.5 Å². The number of imide groups is 1. The minimum absolute atomic E-state index is 0.0818. The molecule has 5 rings (SSSR count). The van der Waals surface area contributed by atoms with Crippen LogP contribution < -0.4 is 9.96 Å². The maximum atomic E-state index is 13.6. The SMILES string of the molecule is O=C1C2ON(c3ccccc3)C(c3cccc(Br)c3)C2C(=O)N1c1ccc(Cl)c([N+](=O)[O-])c1. The highest BCUT2D eigenvalue weighted by Crippen LogP contribution is 2.48. The van der Waals surface area contributed by atoms with Crippen LogP contribution in [0.15, 0.2) is 77.3 Å². The van der Waals surface area contributed by atoms with Gasteiger partial charge in [-0.15, -0.1) is 0 Å². The lowest BCUT2D eigenvalue weighted by atomic mass is 9.90. The van der Waals surface area contributed by atoms with Crippen LogP contribution in [-0.4, -0.2) is 22.8 Å². The molecule has 0 radical (unpaired) electrons. The number of benzene rings is 3. The summed E-state index contributed by atoms with van der Waals surface area (Å²) < 4.78 is 0.818. The van der Waals surface area contributed by atoms with E-state index in [2.05, 4.69) is 15.9 Å². The fourth-order valence-corrected chi connectivity index (χ4v) is 4.88. The van der Waals surface area contributed by atoms with Crippen LogP contribution in [0.3, 0.4) is 0 Å². The molecule has 33 heavy (non-hydrogen) atoms. The number of rotatable bonds is 4. The van der Waals surface area contributed by atoms with E-state index in [0.29, 0.717) is 5.69 Å². The minimum atomic E-state index is -1.07. The molecule has 166 valence electrons. The van der Waals surface area contributed by atoms with Crippen molar-refractivity contribution in [2.24, 2.45) is 5.92 Å². The van der Waals surface area contributed by atoms with Crippen LogP contribution in [0.4, 0.5) is 17.1 Å². The van der Waals surface area contributed by atoms with E-state index in [1.54, 1.807) is 5.06 Å². The molecule has 0 N–H and O–H groups in total. The molecule has 0 aliphatic carbocycles. The van der Waals surface area contributed by atoms with Crippen molar-refractivity contribution in [3.05, 3.63) is 98.0 Å². The summed E-state index contributed by atoms with van der Waals surface area (Å²) in [6, 6.07) is 19.9. The third kappa shape index (κ3) is 3.58. The average Bonchev–Trinajstić information content (AvgIpc) is 3.31. The number of halogens is 2. The Balaban J connectivity index is 1.59. The van der Waals surface area contributed by atoms with E-state index in [9.17, 15) is 19.7 Å². The summed E-state index contributed by atoms with van der Waals surface area (Å²) in [7, 11) is 0. The zero-order valence-electron chi connectivity index (χ0n) is 16.8. The van der Waals surface area contributed by atoms with Crippen molar-refractivity contribution in [1.82, 2.24) is 0 Å². The van der Waals surface area contributed by atoms with Crippen LogP contribution in [0, 0.1) is 16.0 Å². The fourth-order valence-electron chi connectivity index (χ4n) is 4.28. The van der Waals surface area contributed by atoms with Crippen LogP contribution >= 0.6 is 27.5 Å². The van der Waals surface area contributed by atoms with E-state index in [0.717, 1.165) is 21.0 Å². The van der Waals surface area contributed by atoms with Crippen LogP contribution in [0.1, 0.15) is 11.6 Å². The van der Waals surface area contributed by atoms with E-state index >= 15 is 0 Å². The molecule has 3 unspecified atom stereocenters. The molecule has 0 spiro atoms. The van der Waals surface area contributed by atoms with E-state index in [1.807, 2.05) is 54.6 Å². The summed E-state index contributed by atoms with van der Waals surface area (Å²) in [5.74, 6) is -1.92. The van der Waals surface area contributed by atoms with Crippen molar-refractivity contribution in [1.29, 1.82) is 0 Å². The summed E-state index contributed by atoms with van der Waals surface area (Å²) in [6.45, 7) is 0. The lowest BCUT2D eigenvalue weighted by molar-refractivity contribution is -0.384. The first kappa shape index (κ1) is 21.6. The Morgan fingerprint density at radius 1 is 0.939 bits per heavy atom. The number of anilines is 2. The molecule has 2 aliphatic heterocycles. The maximum absolute atomic E-state index is 13.6. The van der Waals surface area contributed by atoms with Crippen LogP contribution in [-0.2, 0) is 14.4 Å². The van der Waals surface area contributed by atoms with Gasteiger partial charge in [0, 0.05) is 10.5 Å². The molecule has 2 fully saturated rings. The second kappa shape index (κ2) is 8.26. The number of amides is 2. The molecule has 2 aliphatic rings. The monoisotopic (exact) mass is 527 g/mol. The van der Waals surface area contributed by atoms with Gasteiger partial charge < -0.3 is 0 Å². The number of hydrogen-bond donors (Lipinski definition) is 0. The van der Waals surface area contributed by atoms with Gasteiger partial charge in [0.2, 0.25) is 5.91 Å². The first-order chi connectivity index (χ1) is 15.9. The van der Waals surface area contributed by atoms with Gasteiger partial charge in [-0.2, -0.15) is 0 Å². The van der Waals surface area contributed by atoms with Gasteiger partial charge in [-0.05, 0) is 42.0 Å².